The zero-order valence-electron chi connectivity index (χ0n) is 8.73. The fourth-order valence-corrected chi connectivity index (χ4v) is 1.99. The van der Waals surface area contributed by atoms with Crippen molar-refractivity contribution in [3.8, 4) is 0 Å². The topological polar surface area (TPSA) is 55.0 Å². The summed E-state index contributed by atoms with van der Waals surface area (Å²) in [6, 6.07) is 0.381. The van der Waals surface area contributed by atoms with Crippen LogP contribution in [-0.2, 0) is 0 Å². The van der Waals surface area contributed by atoms with E-state index in [1.165, 1.54) is 12.8 Å². The molecule has 82 valence electrons. The normalized spacial score (nSPS) is 17.5. The van der Waals surface area contributed by atoms with E-state index in [0.29, 0.717) is 12.6 Å². The average Bonchev–Trinajstić information content (AvgIpc) is 3.04. The Balaban J connectivity index is 2.11. The quantitative estimate of drug-likeness (QED) is 0.899. The molecule has 4 nitrogen and oxygen atoms in total. The Morgan fingerprint density at radius 3 is 2.60 bits per heavy atom. The van der Waals surface area contributed by atoms with Crippen molar-refractivity contribution in [2.75, 3.05) is 18.5 Å². The van der Waals surface area contributed by atoms with Gasteiger partial charge in [0.05, 0.1) is 4.47 Å². The second-order valence-electron chi connectivity index (χ2n) is 3.95. The van der Waals surface area contributed by atoms with Gasteiger partial charge in [0, 0.05) is 32.0 Å². The van der Waals surface area contributed by atoms with Gasteiger partial charge < -0.3 is 10.6 Å². The van der Waals surface area contributed by atoms with Crippen LogP contribution in [0.1, 0.15) is 12.8 Å². The predicted molar refractivity (Wildman–Crippen MR) is 63.7 cm³/mol. The lowest BCUT2D eigenvalue weighted by molar-refractivity contribution is 0.561. The molecule has 1 fully saturated rings. The van der Waals surface area contributed by atoms with Crippen molar-refractivity contribution in [1.29, 1.82) is 0 Å². The van der Waals surface area contributed by atoms with Crippen molar-refractivity contribution >= 4 is 21.9 Å². The summed E-state index contributed by atoms with van der Waals surface area (Å²) in [4.78, 5) is 10.6. The zero-order valence-corrected chi connectivity index (χ0v) is 10.3. The number of nitrogens with zero attached hydrogens (tertiary/aromatic N) is 3. The summed E-state index contributed by atoms with van der Waals surface area (Å²) >= 11 is 3.32. The van der Waals surface area contributed by atoms with E-state index in [0.717, 1.165) is 16.3 Å². The Morgan fingerprint density at radius 1 is 1.53 bits per heavy atom. The van der Waals surface area contributed by atoms with Crippen molar-refractivity contribution in [3.63, 3.8) is 0 Å². The highest BCUT2D eigenvalue weighted by Gasteiger charge is 2.33. The van der Waals surface area contributed by atoms with Gasteiger partial charge in [-0.25, -0.2) is 9.97 Å². The van der Waals surface area contributed by atoms with Crippen molar-refractivity contribution in [2.24, 2.45) is 11.7 Å². The molecule has 0 aliphatic heterocycles. The van der Waals surface area contributed by atoms with Crippen molar-refractivity contribution < 1.29 is 0 Å². The fraction of sp³-hybridized carbons (Fsp3) is 0.600. The van der Waals surface area contributed by atoms with Crippen LogP contribution in [-0.4, -0.2) is 29.6 Å². The summed E-state index contributed by atoms with van der Waals surface area (Å²) in [5.41, 5.74) is 5.78. The first-order valence-electron chi connectivity index (χ1n) is 5.13. The molecule has 0 radical (unpaired) electrons. The lowest BCUT2D eigenvalue weighted by Gasteiger charge is -2.26. The molecule has 0 spiro atoms. The van der Waals surface area contributed by atoms with Gasteiger partial charge in [-0.3, -0.25) is 0 Å². The molecular weight excluding hydrogens is 256 g/mol. The van der Waals surface area contributed by atoms with Crippen LogP contribution in [0, 0.1) is 5.92 Å². The highest BCUT2D eigenvalue weighted by molar-refractivity contribution is 9.10. The van der Waals surface area contributed by atoms with E-state index in [1.807, 2.05) is 7.05 Å². The molecule has 2 rings (SSSR count). The summed E-state index contributed by atoms with van der Waals surface area (Å²) in [5, 5.41) is 0. The maximum absolute atomic E-state index is 5.78. The van der Waals surface area contributed by atoms with Gasteiger partial charge in [0.2, 0.25) is 5.95 Å². The van der Waals surface area contributed by atoms with E-state index in [9.17, 15) is 0 Å². The number of hydrogen-bond donors (Lipinski definition) is 1. The third-order valence-corrected chi connectivity index (χ3v) is 3.24. The predicted octanol–water partition coefficient (Wildman–Crippen LogP) is 1.41. The van der Waals surface area contributed by atoms with Gasteiger partial charge in [-0.05, 0) is 34.7 Å². The summed E-state index contributed by atoms with van der Waals surface area (Å²) in [6.45, 7) is 0.667. The van der Waals surface area contributed by atoms with E-state index in [1.54, 1.807) is 12.4 Å². The highest BCUT2D eigenvalue weighted by atomic mass is 79.9. The molecule has 1 aromatic rings. The lowest BCUT2D eigenvalue weighted by Crippen LogP contribution is -2.40. The summed E-state index contributed by atoms with van der Waals surface area (Å²) < 4.78 is 0.898. The molecule has 0 bridgehead atoms. The molecule has 1 aliphatic rings. The van der Waals surface area contributed by atoms with Crippen LogP contribution in [0.25, 0.3) is 0 Å². The van der Waals surface area contributed by atoms with Gasteiger partial charge in [-0.2, -0.15) is 0 Å². The molecule has 1 heterocycles. The molecule has 1 unspecified atom stereocenters. The maximum atomic E-state index is 5.78. The lowest BCUT2D eigenvalue weighted by atomic mass is 10.1. The van der Waals surface area contributed by atoms with Crippen LogP contribution in [0.15, 0.2) is 16.9 Å². The minimum atomic E-state index is 0.381. The van der Waals surface area contributed by atoms with Crippen molar-refractivity contribution in [2.45, 2.75) is 18.9 Å². The molecule has 2 N–H and O–H groups in total. The smallest absolute Gasteiger partial charge is 0.225 e. The largest absolute Gasteiger partial charge is 0.339 e. The highest BCUT2D eigenvalue weighted by Crippen LogP contribution is 2.35. The number of aromatic nitrogens is 2. The monoisotopic (exact) mass is 270 g/mol. The first-order chi connectivity index (χ1) is 7.22. The Morgan fingerprint density at radius 2 is 2.13 bits per heavy atom. The molecule has 1 atom stereocenters. The summed E-state index contributed by atoms with van der Waals surface area (Å²) in [5.74, 6) is 1.48. The number of rotatable bonds is 4. The first kappa shape index (κ1) is 10.8. The number of nitrogens with two attached hydrogens (primary N) is 1. The SMILES string of the molecule is CN(c1ncc(Br)cn1)C(CN)C1CC1. The number of likely N-dealkylation sites (N-methyl/N-ethyl adjacent to an activating group) is 1. The Hall–Kier alpha value is -0.680. The minimum absolute atomic E-state index is 0.381. The van der Waals surface area contributed by atoms with Crippen LogP contribution in [0.3, 0.4) is 0 Å². The minimum Gasteiger partial charge on any atom is -0.339 e. The summed E-state index contributed by atoms with van der Waals surface area (Å²) in [7, 11) is 2.01. The van der Waals surface area contributed by atoms with Crippen LogP contribution >= 0.6 is 15.9 Å². The van der Waals surface area contributed by atoms with Crippen LogP contribution < -0.4 is 10.6 Å². The van der Waals surface area contributed by atoms with E-state index in [4.69, 9.17) is 5.73 Å². The van der Waals surface area contributed by atoms with Gasteiger partial charge in [-0.15, -0.1) is 0 Å². The Bertz CT molecular complexity index is 323. The average molecular weight is 271 g/mol. The third kappa shape index (κ3) is 2.46. The standard InChI is InChI=1S/C10H15BrN4/c1-15(9(4-12)7-2-3-7)10-13-5-8(11)6-14-10/h5-7,9H,2-4,12H2,1H3. The molecule has 0 saturated heterocycles. The third-order valence-electron chi connectivity index (χ3n) is 2.83. The number of hydrogen-bond acceptors (Lipinski definition) is 4. The van der Waals surface area contributed by atoms with Gasteiger partial charge in [0.25, 0.3) is 0 Å². The van der Waals surface area contributed by atoms with E-state index in [-0.39, 0.29) is 0 Å². The zero-order chi connectivity index (χ0) is 10.8. The van der Waals surface area contributed by atoms with Gasteiger partial charge >= 0.3 is 0 Å². The molecular formula is C10H15BrN4. The van der Waals surface area contributed by atoms with E-state index < -0.39 is 0 Å². The number of halogens is 1. The molecule has 15 heavy (non-hydrogen) atoms. The van der Waals surface area contributed by atoms with Crippen molar-refractivity contribution in [3.05, 3.63) is 16.9 Å². The van der Waals surface area contributed by atoms with Crippen LogP contribution in [0.4, 0.5) is 5.95 Å². The molecule has 0 aromatic carbocycles. The molecule has 1 aliphatic carbocycles. The molecule has 0 amide bonds. The van der Waals surface area contributed by atoms with E-state index >= 15 is 0 Å². The molecule has 1 saturated carbocycles. The number of anilines is 1. The Labute approximate surface area is 98.0 Å². The van der Waals surface area contributed by atoms with Crippen LogP contribution in [0.2, 0.25) is 0 Å². The van der Waals surface area contributed by atoms with E-state index in [2.05, 4.69) is 30.8 Å². The second kappa shape index (κ2) is 4.45. The first-order valence-corrected chi connectivity index (χ1v) is 5.92. The maximum Gasteiger partial charge on any atom is 0.225 e. The fourth-order valence-electron chi connectivity index (χ4n) is 1.78. The Kier molecular flexibility index (Phi) is 3.21. The summed E-state index contributed by atoms with van der Waals surface area (Å²) in [6.07, 6.45) is 6.09. The molecule has 5 heteroatoms. The van der Waals surface area contributed by atoms with Crippen LogP contribution in [0.5, 0.6) is 0 Å². The van der Waals surface area contributed by atoms with Gasteiger partial charge in [0.1, 0.15) is 0 Å². The van der Waals surface area contributed by atoms with Crippen molar-refractivity contribution in [1.82, 2.24) is 9.97 Å². The van der Waals surface area contributed by atoms with Gasteiger partial charge in [0.15, 0.2) is 0 Å². The molecule has 1 aromatic heterocycles. The second-order valence-corrected chi connectivity index (χ2v) is 4.87. The van der Waals surface area contributed by atoms with Gasteiger partial charge in [-0.1, -0.05) is 0 Å².